The molecule has 0 radical (unpaired) electrons. The summed E-state index contributed by atoms with van der Waals surface area (Å²) >= 11 is 0. The molecule has 0 aliphatic heterocycles. The first-order valence-electron chi connectivity index (χ1n) is 7.85. The molecule has 0 bridgehead atoms. The van der Waals surface area contributed by atoms with Gasteiger partial charge in [0.15, 0.2) is 0 Å². The molecule has 2 N–H and O–H groups in total. The van der Waals surface area contributed by atoms with E-state index in [9.17, 15) is 4.21 Å². The molecule has 1 aliphatic rings. The Morgan fingerprint density at radius 2 is 1.84 bits per heavy atom. The summed E-state index contributed by atoms with van der Waals surface area (Å²) in [6, 6.07) is 0.130. The Morgan fingerprint density at radius 3 is 2.32 bits per heavy atom. The third-order valence-corrected chi connectivity index (χ3v) is 7.88. The van der Waals surface area contributed by atoms with Gasteiger partial charge in [0.2, 0.25) is 0 Å². The summed E-state index contributed by atoms with van der Waals surface area (Å²) in [5.41, 5.74) is 6.62. The molecule has 114 valence electrons. The maximum absolute atomic E-state index is 12.7. The smallest absolute Gasteiger partial charge is 0.0504 e. The minimum atomic E-state index is -0.794. The van der Waals surface area contributed by atoms with Crippen LogP contribution in [-0.2, 0) is 10.8 Å². The number of nitrogens with two attached hydrogens (primary N) is 1. The van der Waals surface area contributed by atoms with Crippen LogP contribution >= 0.6 is 0 Å². The molecule has 0 saturated heterocycles. The van der Waals surface area contributed by atoms with Crippen LogP contribution in [0, 0.1) is 17.3 Å². The number of hydrogen-bond donors (Lipinski definition) is 1. The van der Waals surface area contributed by atoms with Crippen LogP contribution in [-0.4, -0.2) is 20.8 Å². The van der Waals surface area contributed by atoms with Crippen molar-refractivity contribution in [2.24, 2.45) is 23.0 Å². The molecule has 0 aromatic rings. The van der Waals surface area contributed by atoms with E-state index in [1.807, 2.05) is 0 Å². The molecule has 1 aliphatic carbocycles. The van der Waals surface area contributed by atoms with Crippen molar-refractivity contribution in [1.29, 1.82) is 0 Å². The summed E-state index contributed by atoms with van der Waals surface area (Å²) in [6.45, 7) is 13.4. The molecule has 3 heteroatoms. The van der Waals surface area contributed by atoms with Gasteiger partial charge in [-0.1, -0.05) is 48.0 Å². The van der Waals surface area contributed by atoms with Crippen molar-refractivity contribution in [3.05, 3.63) is 0 Å². The van der Waals surface area contributed by atoms with Crippen LogP contribution in [0.1, 0.15) is 67.2 Å². The van der Waals surface area contributed by atoms with Crippen LogP contribution in [0.2, 0.25) is 0 Å². The highest BCUT2D eigenvalue weighted by molar-refractivity contribution is 7.86. The van der Waals surface area contributed by atoms with E-state index in [0.29, 0.717) is 17.3 Å². The lowest BCUT2D eigenvalue weighted by molar-refractivity contribution is 0.147. The molecule has 0 aromatic carbocycles. The monoisotopic (exact) mass is 287 g/mol. The van der Waals surface area contributed by atoms with E-state index in [2.05, 4.69) is 41.5 Å². The molecular formula is C16H33NOS. The van der Waals surface area contributed by atoms with Crippen LogP contribution in [0.5, 0.6) is 0 Å². The second-order valence-electron chi connectivity index (χ2n) is 7.33. The zero-order chi connectivity index (χ0) is 14.8. The summed E-state index contributed by atoms with van der Waals surface area (Å²) in [5, 5.41) is 0.446. The first kappa shape index (κ1) is 17.2. The van der Waals surface area contributed by atoms with Crippen molar-refractivity contribution in [3.63, 3.8) is 0 Å². The normalized spacial score (nSPS) is 32.3. The Morgan fingerprint density at radius 1 is 1.26 bits per heavy atom. The minimum absolute atomic E-state index is 0.130. The Labute approximate surface area is 122 Å². The van der Waals surface area contributed by atoms with E-state index in [1.165, 1.54) is 12.8 Å². The highest BCUT2D eigenvalue weighted by atomic mass is 32.2. The molecular weight excluding hydrogens is 254 g/mol. The second-order valence-corrected chi connectivity index (χ2v) is 9.34. The third-order valence-electron chi connectivity index (χ3n) is 5.46. The van der Waals surface area contributed by atoms with Crippen molar-refractivity contribution in [3.8, 4) is 0 Å². The molecule has 0 spiro atoms. The lowest BCUT2D eigenvalue weighted by Gasteiger charge is -2.42. The molecule has 5 unspecified atom stereocenters. The maximum Gasteiger partial charge on any atom is 0.0504 e. The van der Waals surface area contributed by atoms with Crippen molar-refractivity contribution in [2.75, 3.05) is 0 Å². The topological polar surface area (TPSA) is 43.1 Å². The SMILES string of the molecule is CCC(C)(C)C1CCC(N)C(S(=O)C(C)C(C)C)C1. The minimum Gasteiger partial charge on any atom is -0.327 e. The largest absolute Gasteiger partial charge is 0.327 e. The molecule has 1 saturated carbocycles. The lowest BCUT2D eigenvalue weighted by atomic mass is 9.69. The highest BCUT2D eigenvalue weighted by Gasteiger charge is 2.39. The van der Waals surface area contributed by atoms with Crippen LogP contribution < -0.4 is 5.73 Å². The quantitative estimate of drug-likeness (QED) is 0.837. The van der Waals surface area contributed by atoms with Crippen molar-refractivity contribution in [2.45, 2.75) is 83.8 Å². The number of rotatable bonds is 5. The summed E-state index contributed by atoms with van der Waals surface area (Å²) in [5.74, 6) is 1.14. The average molecular weight is 288 g/mol. The Bertz CT molecular complexity index is 314. The average Bonchev–Trinajstić information content (AvgIpc) is 2.37. The fourth-order valence-corrected chi connectivity index (χ4v) is 4.95. The van der Waals surface area contributed by atoms with Gasteiger partial charge in [0.1, 0.15) is 0 Å². The van der Waals surface area contributed by atoms with Crippen molar-refractivity contribution < 1.29 is 4.21 Å². The standard InChI is InChI=1S/C16H33NOS/c1-7-16(5,6)13-8-9-14(17)15(10-13)19(18)12(4)11(2)3/h11-15H,7-10,17H2,1-6H3. The molecule has 0 aromatic heterocycles. The van der Waals surface area contributed by atoms with E-state index in [0.717, 1.165) is 12.8 Å². The summed E-state index contributed by atoms with van der Waals surface area (Å²) in [7, 11) is -0.794. The molecule has 1 rings (SSSR count). The molecule has 0 amide bonds. The zero-order valence-electron chi connectivity index (χ0n) is 13.6. The Balaban J connectivity index is 2.79. The van der Waals surface area contributed by atoms with Gasteiger partial charge in [0, 0.05) is 22.1 Å². The number of hydrogen-bond acceptors (Lipinski definition) is 2. The van der Waals surface area contributed by atoms with E-state index in [1.54, 1.807) is 0 Å². The fourth-order valence-electron chi connectivity index (χ4n) is 2.96. The lowest BCUT2D eigenvalue weighted by Crippen LogP contribution is -2.48. The molecule has 5 atom stereocenters. The summed E-state index contributed by atoms with van der Waals surface area (Å²) in [6.07, 6.45) is 4.47. The van der Waals surface area contributed by atoms with Gasteiger partial charge in [-0.15, -0.1) is 0 Å². The fraction of sp³-hybridized carbons (Fsp3) is 1.00. The maximum atomic E-state index is 12.7. The van der Waals surface area contributed by atoms with Crippen LogP contribution in [0.4, 0.5) is 0 Å². The van der Waals surface area contributed by atoms with Gasteiger partial charge in [-0.3, -0.25) is 4.21 Å². The predicted octanol–water partition coefficient (Wildman–Crippen LogP) is 3.71. The third kappa shape index (κ3) is 4.04. The van der Waals surface area contributed by atoms with Gasteiger partial charge in [-0.05, 0) is 36.5 Å². The first-order valence-corrected chi connectivity index (χ1v) is 9.13. The summed E-state index contributed by atoms with van der Waals surface area (Å²) in [4.78, 5) is 0. The van der Waals surface area contributed by atoms with Gasteiger partial charge >= 0.3 is 0 Å². The van der Waals surface area contributed by atoms with Gasteiger partial charge in [-0.2, -0.15) is 0 Å². The van der Waals surface area contributed by atoms with Gasteiger partial charge in [0.25, 0.3) is 0 Å². The van der Waals surface area contributed by atoms with Crippen LogP contribution in [0.3, 0.4) is 0 Å². The van der Waals surface area contributed by atoms with E-state index in [-0.39, 0.29) is 16.5 Å². The zero-order valence-corrected chi connectivity index (χ0v) is 14.4. The second kappa shape index (κ2) is 6.71. The van der Waals surface area contributed by atoms with E-state index in [4.69, 9.17) is 5.73 Å². The van der Waals surface area contributed by atoms with Gasteiger partial charge < -0.3 is 5.73 Å². The molecule has 19 heavy (non-hydrogen) atoms. The Kier molecular flexibility index (Phi) is 6.06. The van der Waals surface area contributed by atoms with Gasteiger partial charge in [-0.25, -0.2) is 0 Å². The van der Waals surface area contributed by atoms with Gasteiger partial charge in [0.05, 0.1) is 5.25 Å². The van der Waals surface area contributed by atoms with E-state index >= 15 is 0 Å². The highest BCUT2D eigenvalue weighted by Crippen LogP contribution is 2.41. The van der Waals surface area contributed by atoms with Crippen molar-refractivity contribution >= 4 is 10.8 Å². The van der Waals surface area contributed by atoms with Crippen LogP contribution in [0.15, 0.2) is 0 Å². The van der Waals surface area contributed by atoms with Crippen LogP contribution in [0.25, 0.3) is 0 Å². The predicted molar refractivity (Wildman–Crippen MR) is 85.6 cm³/mol. The Hall–Kier alpha value is 0.110. The molecule has 1 fully saturated rings. The molecule has 2 nitrogen and oxygen atoms in total. The summed E-state index contributed by atoms with van der Waals surface area (Å²) < 4.78 is 12.7. The van der Waals surface area contributed by atoms with E-state index < -0.39 is 10.8 Å². The molecule has 0 heterocycles. The van der Waals surface area contributed by atoms with Crippen molar-refractivity contribution in [1.82, 2.24) is 0 Å². The first-order chi connectivity index (χ1) is 8.70.